The number of hydrogen-bond acceptors (Lipinski definition) is 3. The number of likely N-dealkylation sites (N-methyl/N-ethyl adjacent to an activating group) is 1. The Balaban J connectivity index is 1.89. The number of hydrogen-bond donors (Lipinski definition) is 0. The fraction of sp³-hybridized carbons (Fsp3) is 0.211. The van der Waals surface area contributed by atoms with Crippen LogP contribution in [0.5, 0.6) is 0 Å². The maximum atomic E-state index is 12.8. The lowest BCUT2D eigenvalue weighted by Crippen LogP contribution is -2.37. The van der Waals surface area contributed by atoms with Crippen molar-refractivity contribution in [3.63, 3.8) is 0 Å². The Kier molecular flexibility index (Phi) is 4.07. The number of carbonyl (C=O) groups is 1. The van der Waals surface area contributed by atoms with Crippen LogP contribution in [0.4, 0.5) is 0 Å². The molecule has 1 atom stereocenters. The van der Waals surface area contributed by atoms with Gasteiger partial charge in [0.05, 0.1) is 6.04 Å². The van der Waals surface area contributed by atoms with E-state index in [0.29, 0.717) is 12.2 Å². The van der Waals surface area contributed by atoms with Gasteiger partial charge in [-0.3, -0.25) is 9.69 Å². The second-order valence-electron chi connectivity index (χ2n) is 5.68. The summed E-state index contributed by atoms with van der Waals surface area (Å²) in [7, 11) is 3.85. The van der Waals surface area contributed by atoms with Crippen LogP contribution in [0.3, 0.4) is 0 Å². The monoisotopic (exact) mass is 293 g/mol. The Morgan fingerprint density at radius 3 is 2.41 bits per heavy atom. The highest BCUT2D eigenvalue weighted by molar-refractivity contribution is 6.01. The first-order valence-electron chi connectivity index (χ1n) is 7.38. The molecule has 0 saturated carbocycles. The van der Waals surface area contributed by atoms with Crippen LogP contribution in [0.15, 0.2) is 65.1 Å². The molecule has 0 saturated heterocycles. The Labute approximate surface area is 130 Å². The van der Waals surface area contributed by atoms with Crippen molar-refractivity contribution in [2.45, 2.75) is 12.5 Å². The van der Waals surface area contributed by atoms with Crippen LogP contribution in [0, 0.1) is 0 Å². The second kappa shape index (κ2) is 6.16. The highest BCUT2D eigenvalue weighted by Gasteiger charge is 2.25. The zero-order valence-electron chi connectivity index (χ0n) is 12.8. The molecular formula is C19H19NO2. The highest BCUT2D eigenvalue weighted by Crippen LogP contribution is 2.21. The van der Waals surface area contributed by atoms with E-state index in [1.807, 2.05) is 79.7 Å². The van der Waals surface area contributed by atoms with Crippen molar-refractivity contribution >= 4 is 16.8 Å². The summed E-state index contributed by atoms with van der Waals surface area (Å²) in [6.45, 7) is 0. The molecule has 22 heavy (non-hydrogen) atoms. The fourth-order valence-electron chi connectivity index (χ4n) is 2.61. The molecule has 0 bridgehead atoms. The van der Waals surface area contributed by atoms with Crippen LogP contribution in [0.1, 0.15) is 16.1 Å². The molecule has 0 amide bonds. The van der Waals surface area contributed by atoms with E-state index >= 15 is 0 Å². The Bertz CT molecular complexity index is 741. The van der Waals surface area contributed by atoms with Crippen molar-refractivity contribution in [2.24, 2.45) is 0 Å². The van der Waals surface area contributed by atoms with Gasteiger partial charge in [0.1, 0.15) is 5.58 Å². The van der Waals surface area contributed by atoms with Crippen LogP contribution in [-0.4, -0.2) is 30.8 Å². The molecule has 3 aromatic rings. The molecule has 0 spiro atoms. The number of ketones is 1. The zero-order chi connectivity index (χ0) is 15.5. The van der Waals surface area contributed by atoms with Crippen LogP contribution in [-0.2, 0) is 6.42 Å². The minimum Gasteiger partial charge on any atom is -0.453 e. The molecule has 0 aliphatic carbocycles. The number of rotatable bonds is 5. The molecule has 0 radical (unpaired) electrons. The number of Topliss-reactive ketones (excluding diaryl/α,β-unsaturated/α-hetero) is 1. The number of nitrogens with zero attached hydrogens (tertiary/aromatic N) is 1. The standard InChI is InChI=1S/C19H19NO2/c1-20(2)16(12-14-8-4-3-5-9-14)19(21)18-13-15-10-6-7-11-17(15)22-18/h3-11,13,16H,12H2,1-2H3. The summed E-state index contributed by atoms with van der Waals surface area (Å²) >= 11 is 0. The summed E-state index contributed by atoms with van der Waals surface area (Å²) in [6, 6.07) is 19.3. The van der Waals surface area contributed by atoms with Crippen LogP contribution in [0.25, 0.3) is 11.0 Å². The van der Waals surface area contributed by atoms with Crippen molar-refractivity contribution in [3.8, 4) is 0 Å². The number of fused-ring (bicyclic) bond motifs is 1. The van der Waals surface area contributed by atoms with Crippen molar-refractivity contribution in [1.82, 2.24) is 4.90 Å². The molecule has 2 aromatic carbocycles. The van der Waals surface area contributed by atoms with Gasteiger partial charge >= 0.3 is 0 Å². The number of carbonyl (C=O) groups excluding carboxylic acids is 1. The van der Waals surface area contributed by atoms with Gasteiger partial charge in [-0.05, 0) is 38.2 Å². The van der Waals surface area contributed by atoms with Crippen LogP contribution < -0.4 is 0 Å². The summed E-state index contributed by atoms with van der Waals surface area (Å²) in [5.74, 6) is 0.445. The normalized spacial score (nSPS) is 12.7. The number of para-hydroxylation sites is 1. The molecule has 1 unspecified atom stereocenters. The third-order valence-corrected chi connectivity index (χ3v) is 3.87. The molecule has 3 rings (SSSR count). The Morgan fingerprint density at radius 1 is 1.05 bits per heavy atom. The van der Waals surface area contributed by atoms with Crippen molar-refractivity contribution in [3.05, 3.63) is 72.0 Å². The fourth-order valence-corrected chi connectivity index (χ4v) is 2.61. The van der Waals surface area contributed by atoms with E-state index in [2.05, 4.69) is 0 Å². The van der Waals surface area contributed by atoms with E-state index in [9.17, 15) is 4.79 Å². The smallest absolute Gasteiger partial charge is 0.215 e. The first-order valence-corrected chi connectivity index (χ1v) is 7.38. The van der Waals surface area contributed by atoms with Crippen LogP contribution in [0.2, 0.25) is 0 Å². The third kappa shape index (κ3) is 2.95. The average molecular weight is 293 g/mol. The van der Waals surface area contributed by atoms with Crippen molar-refractivity contribution < 1.29 is 9.21 Å². The molecule has 1 heterocycles. The molecular weight excluding hydrogens is 274 g/mol. The predicted octanol–water partition coefficient (Wildman–Crippen LogP) is 3.79. The predicted molar refractivity (Wildman–Crippen MR) is 88.2 cm³/mol. The van der Waals surface area contributed by atoms with Crippen LogP contribution >= 0.6 is 0 Å². The average Bonchev–Trinajstić information content (AvgIpc) is 2.97. The lowest BCUT2D eigenvalue weighted by molar-refractivity contribution is 0.0848. The molecule has 0 fully saturated rings. The maximum absolute atomic E-state index is 12.8. The summed E-state index contributed by atoms with van der Waals surface area (Å²) in [5, 5.41) is 0.961. The third-order valence-electron chi connectivity index (χ3n) is 3.87. The Morgan fingerprint density at radius 2 is 1.73 bits per heavy atom. The largest absolute Gasteiger partial charge is 0.453 e. The van der Waals surface area contributed by atoms with Gasteiger partial charge in [-0.25, -0.2) is 0 Å². The first kappa shape index (κ1) is 14.5. The lowest BCUT2D eigenvalue weighted by atomic mass is 10.00. The molecule has 0 N–H and O–H groups in total. The van der Waals surface area contributed by atoms with E-state index in [1.165, 1.54) is 0 Å². The molecule has 1 aromatic heterocycles. The summed E-state index contributed by atoms with van der Waals surface area (Å²) in [4.78, 5) is 14.8. The molecule has 0 aliphatic heterocycles. The topological polar surface area (TPSA) is 33.5 Å². The number of furan rings is 1. The van der Waals surface area contributed by atoms with E-state index in [1.54, 1.807) is 0 Å². The van der Waals surface area contributed by atoms with E-state index in [4.69, 9.17) is 4.42 Å². The van der Waals surface area contributed by atoms with Gasteiger partial charge in [-0.2, -0.15) is 0 Å². The highest BCUT2D eigenvalue weighted by atomic mass is 16.3. The van der Waals surface area contributed by atoms with E-state index in [0.717, 1.165) is 16.5 Å². The van der Waals surface area contributed by atoms with E-state index in [-0.39, 0.29) is 11.8 Å². The van der Waals surface area contributed by atoms with Gasteiger partial charge in [-0.1, -0.05) is 48.5 Å². The van der Waals surface area contributed by atoms with Gasteiger partial charge in [0.2, 0.25) is 5.78 Å². The molecule has 112 valence electrons. The second-order valence-corrected chi connectivity index (χ2v) is 5.68. The van der Waals surface area contributed by atoms with Crippen molar-refractivity contribution in [2.75, 3.05) is 14.1 Å². The SMILES string of the molecule is CN(C)C(Cc1ccccc1)C(=O)c1cc2ccccc2o1. The summed E-state index contributed by atoms with van der Waals surface area (Å²) < 4.78 is 5.72. The van der Waals surface area contributed by atoms with Crippen molar-refractivity contribution in [1.29, 1.82) is 0 Å². The van der Waals surface area contributed by atoms with Gasteiger partial charge < -0.3 is 4.42 Å². The minimum atomic E-state index is -0.233. The molecule has 3 nitrogen and oxygen atoms in total. The molecule has 0 aliphatic rings. The lowest BCUT2D eigenvalue weighted by Gasteiger charge is -2.22. The van der Waals surface area contributed by atoms with Gasteiger partial charge in [0.15, 0.2) is 5.76 Å². The van der Waals surface area contributed by atoms with Gasteiger partial charge in [-0.15, -0.1) is 0 Å². The van der Waals surface area contributed by atoms with E-state index < -0.39 is 0 Å². The minimum absolute atomic E-state index is 0.0186. The Hall–Kier alpha value is -2.39. The molecule has 3 heteroatoms. The zero-order valence-corrected chi connectivity index (χ0v) is 12.8. The summed E-state index contributed by atoms with van der Waals surface area (Å²) in [6.07, 6.45) is 0.670. The number of benzene rings is 2. The first-order chi connectivity index (χ1) is 10.6. The quantitative estimate of drug-likeness (QED) is 0.671. The van der Waals surface area contributed by atoms with Gasteiger partial charge in [0, 0.05) is 5.39 Å². The summed E-state index contributed by atoms with van der Waals surface area (Å²) in [5.41, 5.74) is 1.90. The van der Waals surface area contributed by atoms with Gasteiger partial charge in [0.25, 0.3) is 0 Å². The maximum Gasteiger partial charge on any atom is 0.215 e.